The minimum Gasteiger partial charge on any atom is -0.406 e. The summed E-state index contributed by atoms with van der Waals surface area (Å²) >= 11 is 0. The Labute approximate surface area is 200 Å². The molecular formula is C23H21F3N4O4S. The van der Waals surface area contributed by atoms with E-state index in [1.807, 2.05) is 6.07 Å². The van der Waals surface area contributed by atoms with Crippen molar-refractivity contribution in [3.8, 4) is 11.8 Å². The molecule has 1 aliphatic heterocycles. The molecule has 0 radical (unpaired) electrons. The van der Waals surface area contributed by atoms with Crippen LogP contribution in [0.4, 0.5) is 13.2 Å². The minimum atomic E-state index is -4.84. The van der Waals surface area contributed by atoms with Gasteiger partial charge in [0.05, 0.1) is 21.7 Å². The molecule has 184 valence electrons. The van der Waals surface area contributed by atoms with Crippen molar-refractivity contribution in [2.75, 3.05) is 20.2 Å². The lowest BCUT2D eigenvalue weighted by molar-refractivity contribution is -0.274. The summed E-state index contributed by atoms with van der Waals surface area (Å²) in [6.45, 7) is 1.80. The van der Waals surface area contributed by atoms with Crippen molar-refractivity contribution in [3.63, 3.8) is 0 Å². The van der Waals surface area contributed by atoms with Crippen LogP contribution in [0.2, 0.25) is 0 Å². The highest BCUT2D eigenvalue weighted by atomic mass is 32.2. The number of alkyl halides is 3. The molecule has 0 atom stereocenters. The van der Waals surface area contributed by atoms with E-state index < -0.39 is 27.7 Å². The lowest BCUT2D eigenvalue weighted by atomic mass is 9.86. The molecular weight excluding hydrogens is 485 g/mol. The van der Waals surface area contributed by atoms with Crippen LogP contribution in [0.1, 0.15) is 29.9 Å². The molecule has 0 N–H and O–H groups in total. The Morgan fingerprint density at radius 1 is 1.11 bits per heavy atom. The Hall–Kier alpha value is -3.27. The molecule has 0 aliphatic carbocycles. The molecule has 8 nitrogen and oxygen atoms in total. The van der Waals surface area contributed by atoms with Gasteiger partial charge in [-0.3, -0.25) is 0 Å². The summed E-state index contributed by atoms with van der Waals surface area (Å²) in [7, 11) is -2.43. The third-order valence-corrected chi connectivity index (χ3v) is 7.95. The molecule has 1 fully saturated rings. The Morgan fingerprint density at radius 3 is 2.43 bits per heavy atom. The average Bonchev–Trinajstić information content (AvgIpc) is 2.82. The van der Waals surface area contributed by atoms with Crippen LogP contribution in [0.5, 0.6) is 5.75 Å². The first kappa shape index (κ1) is 24.8. The summed E-state index contributed by atoms with van der Waals surface area (Å²) in [4.78, 5) is 8.72. The summed E-state index contributed by atoms with van der Waals surface area (Å²) in [6, 6.07) is 11.7. The van der Waals surface area contributed by atoms with E-state index in [1.165, 1.54) is 41.7 Å². The number of hydrogen-bond acceptors (Lipinski definition) is 7. The van der Waals surface area contributed by atoms with Gasteiger partial charge in [-0.15, -0.1) is 13.2 Å². The number of piperidine rings is 1. The monoisotopic (exact) mass is 506 g/mol. The molecule has 12 heteroatoms. The van der Waals surface area contributed by atoms with Crippen molar-refractivity contribution in [1.29, 1.82) is 5.26 Å². The summed E-state index contributed by atoms with van der Waals surface area (Å²) in [5.41, 5.74) is -0.205. The number of rotatable bonds is 5. The van der Waals surface area contributed by atoms with Crippen molar-refractivity contribution in [3.05, 3.63) is 59.5 Å². The van der Waals surface area contributed by atoms with E-state index in [0.29, 0.717) is 16.9 Å². The molecule has 1 aromatic heterocycles. The molecule has 0 bridgehead atoms. The standard InChI is InChI=1S/C23H21F3N4O4S/c1-15-28-19-13-17(34-23(24,25)26)7-8-18(19)21(29-15)22(33-2)9-11-30(12-10-22)35(31,32)20-6-4-3-5-16(20)14-27/h3-8,13H,9-12H2,1-2H3. The van der Waals surface area contributed by atoms with E-state index in [-0.39, 0.29) is 41.9 Å². The maximum absolute atomic E-state index is 13.2. The van der Waals surface area contributed by atoms with Gasteiger partial charge in [0, 0.05) is 31.7 Å². The first-order valence-corrected chi connectivity index (χ1v) is 12.0. The maximum atomic E-state index is 13.2. The van der Waals surface area contributed by atoms with Crippen molar-refractivity contribution in [1.82, 2.24) is 14.3 Å². The molecule has 1 saturated heterocycles. The zero-order valence-corrected chi connectivity index (χ0v) is 19.7. The Morgan fingerprint density at radius 2 is 1.80 bits per heavy atom. The highest BCUT2D eigenvalue weighted by Crippen LogP contribution is 2.40. The molecule has 2 heterocycles. The topological polar surface area (TPSA) is 105 Å². The van der Waals surface area contributed by atoms with Gasteiger partial charge in [-0.1, -0.05) is 12.1 Å². The molecule has 35 heavy (non-hydrogen) atoms. The van der Waals surface area contributed by atoms with Gasteiger partial charge in [0.2, 0.25) is 10.0 Å². The van der Waals surface area contributed by atoms with Crippen LogP contribution < -0.4 is 4.74 Å². The second-order valence-corrected chi connectivity index (χ2v) is 9.96. The first-order chi connectivity index (χ1) is 16.5. The van der Waals surface area contributed by atoms with Crippen molar-refractivity contribution >= 4 is 20.9 Å². The van der Waals surface area contributed by atoms with Crippen molar-refractivity contribution < 1.29 is 31.1 Å². The third kappa shape index (κ3) is 4.80. The van der Waals surface area contributed by atoms with Gasteiger partial charge in [-0.25, -0.2) is 18.4 Å². The normalized spacial score (nSPS) is 16.7. The predicted molar refractivity (Wildman–Crippen MR) is 119 cm³/mol. The van der Waals surface area contributed by atoms with Gasteiger partial charge >= 0.3 is 6.36 Å². The average molecular weight is 507 g/mol. The van der Waals surface area contributed by atoms with Gasteiger partial charge in [0.25, 0.3) is 0 Å². The number of nitriles is 1. The molecule has 0 amide bonds. The van der Waals surface area contributed by atoms with Gasteiger partial charge in [0.15, 0.2) is 0 Å². The highest BCUT2D eigenvalue weighted by Gasteiger charge is 2.43. The third-order valence-electron chi connectivity index (χ3n) is 5.99. The van der Waals surface area contributed by atoms with Crippen LogP contribution in [0, 0.1) is 18.3 Å². The zero-order valence-electron chi connectivity index (χ0n) is 18.8. The summed E-state index contributed by atoms with van der Waals surface area (Å²) in [5, 5.41) is 9.80. The number of hydrogen-bond donors (Lipinski definition) is 0. The number of nitrogens with zero attached hydrogens (tertiary/aromatic N) is 4. The fourth-order valence-electron chi connectivity index (χ4n) is 4.32. The van der Waals surface area contributed by atoms with Gasteiger partial charge < -0.3 is 9.47 Å². The summed E-state index contributed by atoms with van der Waals surface area (Å²) in [6.07, 6.45) is -4.36. The largest absolute Gasteiger partial charge is 0.573 e. The molecule has 1 aliphatic rings. The quantitative estimate of drug-likeness (QED) is 0.514. The fraction of sp³-hybridized carbons (Fsp3) is 0.348. The molecule has 0 unspecified atom stereocenters. The van der Waals surface area contributed by atoms with E-state index in [4.69, 9.17) is 4.74 Å². The van der Waals surface area contributed by atoms with E-state index in [0.717, 1.165) is 0 Å². The van der Waals surface area contributed by atoms with Gasteiger partial charge in [-0.2, -0.15) is 9.57 Å². The number of sulfonamides is 1. The molecule has 4 rings (SSSR count). The first-order valence-electron chi connectivity index (χ1n) is 10.6. The zero-order chi connectivity index (χ0) is 25.4. The van der Waals surface area contributed by atoms with Crippen LogP contribution >= 0.6 is 0 Å². The second kappa shape index (κ2) is 9.07. The number of methoxy groups -OCH3 is 1. The van der Waals surface area contributed by atoms with Gasteiger partial charge in [-0.05, 0) is 44.0 Å². The van der Waals surface area contributed by atoms with Crippen LogP contribution in [0.3, 0.4) is 0 Å². The number of aromatic nitrogens is 2. The molecule has 0 spiro atoms. The number of halogens is 3. The molecule has 2 aromatic carbocycles. The van der Waals surface area contributed by atoms with Crippen molar-refractivity contribution in [2.45, 2.75) is 36.6 Å². The number of aryl methyl sites for hydroxylation is 1. The lowest BCUT2D eigenvalue weighted by Gasteiger charge is -2.40. The molecule has 0 saturated carbocycles. The smallest absolute Gasteiger partial charge is 0.406 e. The van der Waals surface area contributed by atoms with Crippen LogP contribution in [-0.2, 0) is 20.4 Å². The van der Waals surface area contributed by atoms with E-state index >= 15 is 0 Å². The van der Waals surface area contributed by atoms with E-state index in [1.54, 1.807) is 19.1 Å². The van der Waals surface area contributed by atoms with Crippen molar-refractivity contribution in [2.24, 2.45) is 0 Å². The number of ether oxygens (including phenoxy) is 2. The fourth-order valence-corrected chi connectivity index (χ4v) is 5.90. The van der Waals surface area contributed by atoms with Gasteiger partial charge in [0.1, 0.15) is 23.2 Å². The lowest BCUT2D eigenvalue weighted by Crippen LogP contribution is -2.46. The summed E-state index contributed by atoms with van der Waals surface area (Å²) < 4.78 is 75.6. The Bertz CT molecular complexity index is 1410. The number of fused-ring (bicyclic) bond motifs is 1. The van der Waals surface area contributed by atoms with E-state index in [2.05, 4.69) is 14.7 Å². The number of benzene rings is 2. The minimum absolute atomic E-state index is 0.0605. The summed E-state index contributed by atoms with van der Waals surface area (Å²) in [5.74, 6) is -0.0799. The Balaban J connectivity index is 1.68. The predicted octanol–water partition coefficient (Wildman–Crippen LogP) is 4.03. The second-order valence-electron chi connectivity index (χ2n) is 8.06. The van der Waals surface area contributed by atoms with Crippen LogP contribution in [-0.4, -0.2) is 49.3 Å². The van der Waals surface area contributed by atoms with E-state index in [9.17, 15) is 26.9 Å². The van der Waals surface area contributed by atoms with Crippen LogP contribution in [0.15, 0.2) is 47.4 Å². The van der Waals surface area contributed by atoms with Crippen LogP contribution in [0.25, 0.3) is 10.9 Å². The SMILES string of the molecule is COC1(c2nc(C)nc3cc(OC(F)(F)F)ccc23)CCN(S(=O)(=O)c2ccccc2C#N)CC1. The molecule has 3 aromatic rings. The Kier molecular flexibility index (Phi) is 6.44. The maximum Gasteiger partial charge on any atom is 0.573 e. The highest BCUT2D eigenvalue weighted by molar-refractivity contribution is 7.89.